The molecule has 2 aromatic carbocycles. The van der Waals surface area contributed by atoms with Gasteiger partial charge in [0.1, 0.15) is 0 Å². The van der Waals surface area contributed by atoms with E-state index in [2.05, 4.69) is 40.2 Å². The van der Waals surface area contributed by atoms with Gasteiger partial charge in [-0.2, -0.15) is 0 Å². The number of carbonyl (C=O) groups excluding carboxylic acids is 1. The molecule has 1 aliphatic rings. The first-order chi connectivity index (χ1) is 13.3. The third-order valence-electron chi connectivity index (χ3n) is 4.93. The molecule has 0 aliphatic carbocycles. The Morgan fingerprint density at radius 1 is 1.04 bits per heavy atom. The van der Waals surface area contributed by atoms with Crippen molar-refractivity contribution in [2.75, 3.05) is 44.3 Å². The van der Waals surface area contributed by atoms with E-state index in [1.165, 1.54) is 11.1 Å². The average Bonchev–Trinajstić information content (AvgIpc) is 2.73. The smallest absolute Gasteiger partial charge is 0.239 e. The quantitative estimate of drug-likeness (QED) is 0.779. The zero-order valence-corrected chi connectivity index (χ0v) is 16.1. The number of amides is 1. The molecule has 1 amide bonds. The highest BCUT2D eigenvalue weighted by Crippen LogP contribution is 2.14. The Balaban J connectivity index is 1.55. The van der Waals surface area contributed by atoms with E-state index in [1.54, 1.807) is 0 Å². The molecule has 144 valence electrons. The third kappa shape index (κ3) is 5.81. The summed E-state index contributed by atoms with van der Waals surface area (Å²) in [6.45, 7) is 8.21. The van der Waals surface area contributed by atoms with Crippen molar-refractivity contribution in [3.63, 3.8) is 0 Å². The summed E-state index contributed by atoms with van der Waals surface area (Å²) in [7, 11) is 0. The highest BCUT2D eigenvalue weighted by Gasteiger charge is 2.14. The second-order valence-electron chi connectivity index (χ2n) is 6.78. The summed E-state index contributed by atoms with van der Waals surface area (Å²) in [5.41, 5.74) is 3.53. The van der Waals surface area contributed by atoms with Crippen molar-refractivity contribution in [1.29, 1.82) is 0 Å². The molecule has 27 heavy (non-hydrogen) atoms. The average molecular weight is 367 g/mol. The van der Waals surface area contributed by atoms with Crippen molar-refractivity contribution >= 4 is 11.6 Å². The van der Waals surface area contributed by atoms with Gasteiger partial charge in [-0.25, -0.2) is 0 Å². The van der Waals surface area contributed by atoms with Crippen LogP contribution in [0, 0.1) is 0 Å². The number of hydrogen-bond acceptors (Lipinski definition) is 4. The predicted octanol–water partition coefficient (Wildman–Crippen LogP) is 2.66. The number of carbonyl (C=O) groups is 1. The zero-order valence-electron chi connectivity index (χ0n) is 16.1. The standard InChI is InChI=1S/C22H29N3O2/c1-2-25(21-10-4-3-5-11-21)18-22(26)23-16-19-8-6-7-9-20(19)17-24-12-14-27-15-13-24/h3-11H,2,12-18H2,1H3,(H,23,26). The molecule has 2 aromatic rings. The van der Waals surface area contributed by atoms with Crippen LogP contribution in [0.1, 0.15) is 18.1 Å². The van der Waals surface area contributed by atoms with Crippen molar-refractivity contribution in [2.24, 2.45) is 0 Å². The molecule has 0 saturated carbocycles. The Morgan fingerprint density at radius 3 is 2.41 bits per heavy atom. The van der Waals surface area contributed by atoms with E-state index in [0.717, 1.165) is 45.1 Å². The summed E-state index contributed by atoms with van der Waals surface area (Å²) in [5.74, 6) is 0.0434. The van der Waals surface area contributed by atoms with Gasteiger partial charge < -0.3 is 15.0 Å². The molecular formula is C22H29N3O2. The van der Waals surface area contributed by atoms with Gasteiger partial charge in [0.25, 0.3) is 0 Å². The van der Waals surface area contributed by atoms with Crippen molar-refractivity contribution in [1.82, 2.24) is 10.2 Å². The predicted molar refractivity (Wildman–Crippen MR) is 109 cm³/mol. The van der Waals surface area contributed by atoms with Gasteiger partial charge in [-0.1, -0.05) is 42.5 Å². The fourth-order valence-corrected chi connectivity index (χ4v) is 3.33. The molecule has 1 N–H and O–H groups in total. The summed E-state index contributed by atoms with van der Waals surface area (Å²) < 4.78 is 5.43. The van der Waals surface area contributed by atoms with Gasteiger partial charge >= 0.3 is 0 Å². The van der Waals surface area contributed by atoms with Crippen LogP contribution in [0.3, 0.4) is 0 Å². The van der Waals surface area contributed by atoms with E-state index >= 15 is 0 Å². The largest absolute Gasteiger partial charge is 0.379 e. The Hall–Kier alpha value is -2.37. The fraction of sp³-hybridized carbons (Fsp3) is 0.409. The zero-order chi connectivity index (χ0) is 18.9. The maximum atomic E-state index is 12.5. The van der Waals surface area contributed by atoms with E-state index in [-0.39, 0.29) is 5.91 Å². The van der Waals surface area contributed by atoms with Gasteiger partial charge in [0.15, 0.2) is 0 Å². The first-order valence-electron chi connectivity index (χ1n) is 9.70. The highest BCUT2D eigenvalue weighted by molar-refractivity contribution is 5.81. The fourth-order valence-electron chi connectivity index (χ4n) is 3.33. The van der Waals surface area contributed by atoms with E-state index < -0.39 is 0 Å². The van der Waals surface area contributed by atoms with Crippen LogP contribution >= 0.6 is 0 Å². The molecule has 5 heteroatoms. The van der Waals surface area contributed by atoms with Crippen LogP contribution in [0.15, 0.2) is 54.6 Å². The minimum absolute atomic E-state index is 0.0434. The van der Waals surface area contributed by atoms with E-state index in [0.29, 0.717) is 13.1 Å². The van der Waals surface area contributed by atoms with E-state index in [1.807, 2.05) is 36.4 Å². The number of hydrogen-bond donors (Lipinski definition) is 1. The number of ether oxygens (including phenoxy) is 1. The molecular weight excluding hydrogens is 338 g/mol. The van der Waals surface area contributed by atoms with Crippen molar-refractivity contribution < 1.29 is 9.53 Å². The number of likely N-dealkylation sites (N-methyl/N-ethyl adjacent to an activating group) is 1. The molecule has 1 heterocycles. The highest BCUT2D eigenvalue weighted by atomic mass is 16.5. The molecule has 0 spiro atoms. The molecule has 0 bridgehead atoms. The normalized spacial score (nSPS) is 14.7. The number of nitrogens with one attached hydrogen (secondary N) is 1. The summed E-state index contributed by atoms with van der Waals surface area (Å²) in [6, 6.07) is 18.4. The van der Waals surface area contributed by atoms with Crippen LogP contribution in [-0.4, -0.2) is 50.2 Å². The van der Waals surface area contributed by atoms with Crippen LogP contribution in [0.5, 0.6) is 0 Å². The van der Waals surface area contributed by atoms with Crippen molar-refractivity contribution in [3.8, 4) is 0 Å². The van der Waals surface area contributed by atoms with Gasteiger partial charge in [-0.15, -0.1) is 0 Å². The van der Waals surface area contributed by atoms with Crippen LogP contribution in [0.4, 0.5) is 5.69 Å². The molecule has 3 rings (SSSR count). The molecule has 1 saturated heterocycles. The number of benzene rings is 2. The summed E-state index contributed by atoms with van der Waals surface area (Å²) in [5, 5.41) is 3.09. The van der Waals surface area contributed by atoms with Gasteiger partial charge in [0.2, 0.25) is 5.91 Å². The molecule has 5 nitrogen and oxygen atoms in total. The maximum Gasteiger partial charge on any atom is 0.239 e. The maximum absolute atomic E-state index is 12.5. The monoisotopic (exact) mass is 367 g/mol. The minimum Gasteiger partial charge on any atom is -0.379 e. The number of morpholine rings is 1. The van der Waals surface area contributed by atoms with Crippen LogP contribution in [0.2, 0.25) is 0 Å². The molecule has 0 atom stereocenters. The van der Waals surface area contributed by atoms with Gasteiger partial charge in [0.05, 0.1) is 19.8 Å². The minimum atomic E-state index is 0.0434. The Labute approximate surface area is 161 Å². The number of para-hydroxylation sites is 1. The van der Waals surface area contributed by atoms with Crippen LogP contribution < -0.4 is 10.2 Å². The number of anilines is 1. The third-order valence-corrected chi connectivity index (χ3v) is 4.93. The lowest BCUT2D eigenvalue weighted by atomic mass is 10.1. The second kappa shape index (κ2) is 10.1. The number of nitrogens with zero attached hydrogens (tertiary/aromatic N) is 2. The Kier molecular flexibility index (Phi) is 7.25. The molecule has 0 radical (unpaired) electrons. The lowest BCUT2D eigenvalue weighted by molar-refractivity contribution is -0.119. The first-order valence-corrected chi connectivity index (χ1v) is 9.70. The molecule has 0 aromatic heterocycles. The lowest BCUT2D eigenvalue weighted by Gasteiger charge is -2.27. The summed E-state index contributed by atoms with van der Waals surface area (Å²) in [4.78, 5) is 17.0. The van der Waals surface area contributed by atoms with Crippen molar-refractivity contribution in [3.05, 3.63) is 65.7 Å². The molecule has 1 fully saturated rings. The second-order valence-corrected chi connectivity index (χ2v) is 6.78. The van der Waals surface area contributed by atoms with E-state index in [4.69, 9.17) is 4.74 Å². The van der Waals surface area contributed by atoms with Gasteiger partial charge in [0, 0.05) is 38.4 Å². The van der Waals surface area contributed by atoms with Gasteiger partial charge in [-0.3, -0.25) is 9.69 Å². The molecule has 1 aliphatic heterocycles. The Morgan fingerprint density at radius 2 is 1.70 bits per heavy atom. The topological polar surface area (TPSA) is 44.8 Å². The molecule has 0 unspecified atom stereocenters. The summed E-state index contributed by atoms with van der Waals surface area (Å²) >= 11 is 0. The van der Waals surface area contributed by atoms with Crippen molar-refractivity contribution in [2.45, 2.75) is 20.0 Å². The SMILES string of the molecule is CCN(CC(=O)NCc1ccccc1CN1CCOCC1)c1ccccc1. The lowest BCUT2D eigenvalue weighted by Crippen LogP contribution is -2.37. The Bertz CT molecular complexity index is 715. The summed E-state index contributed by atoms with van der Waals surface area (Å²) in [6.07, 6.45) is 0. The van der Waals surface area contributed by atoms with E-state index in [9.17, 15) is 4.79 Å². The first kappa shape index (κ1) is 19.4. The van der Waals surface area contributed by atoms with Crippen LogP contribution in [-0.2, 0) is 22.6 Å². The van der Waals surface area contributed by atoms with Crippen LogP contribution in [0.25, 0.3) is 0 Å². The number of rotatable bonds is 8. The van der Waals surface area contributed by atoms with Gasteiger partial charge in [-0.05, 0) is 30.2 Å².